The predicted octanol–water partition coefficient (Wildman–Crippen LogP) is 7.35. The summed E-state index contributed by atoms with van der Waals surface area (Å²) < 4.78 is 0. The van der Waals surface area contributed by atoms with Gasteiger partial charge in [-0.25, -0.2) is 0 Å². The summed E-state index contributed by atoms with van der Waals surface area (Å²) >= 11 is 12.8. The van der Waals surface area contributed by atoms with Crippen LogP contribution in [0.15, 0.2) is 72.8 Å². The third-order valence-electron chi connectivity index (χ3n) is 9.97. The number of fused-ring (bicyclic) bond motifs is 2. The number of rotatable bonds is 6. The first-order chi connectivity index (χ1) is 20.3. The van der Waals surface area contributed by atoms with Gasteiger partial charge >= 0.3 is 0 Å². The molecular formula is C35H39Cl2N3O2. The van der Waals surface area contributed by atoms with E-state index in [4.69, 9.17) is 23.2 Å². The number of benzene rings is 3. The first kappa shape index (κ1) is 29.2. The molecular weight excluding hydrogens is 565 g/mol. The highest BCUT2D eigenvalue weighted by molar-refractivity contribution is 6.42. The van der Waals surface area contributed by atoms with E-state index >= 15 is 0 Å². The number of piperidine rings is 2. The molecule has 2 amide bonds. The van der Waals surface area contributed by atoms with Gasteiger partial charge < -0.3 is 14.7 Å². The van der Waals surface area contributed by atoms with Crippen molar-refractivity contribution in [3.63, 3.8) is 0 Å². The summed E-state index contributed by atoms with van der Waals surface area (Å²) in [6.45, 7) is 6.99. The molecule has 0 bridgehead atoms. The fourth-order valence-electron chi connectivity index (χ4n) is 7.66. The molecule has 0 radical (unpaired) electrons. The Balaban J connectivity index is 1.15. The number of hydrogen-bond acceptors (Lipinski definition) is 3. The summed E-state index contributed by atoms with van der Waals surface area (Å²) in [5.41, 5.74) is 4.23. The van der Waals surface area contributed by atoms with Crippen LogP contribution in [0.25, 0.3) is 0 Å². The maximum Gasteiger partial charge on any atom is 0.253 e. The predicted molar refractivity (Wildman–Crippen MR) is 171 cm³/mol. The van der Waals surface area contributed by atoms with E-state index in [0.29, 0.717) is 16.6 Å². The summed E-state index contributed by atoms with van der Waals surface area (Å²) in [5, 5.41) is 1.13. The smallest absolute Gasteiger partial charge is 0.253 e. The third kappa shape index (κ3) is 5.59. The Labute approximate surface area is 259 Å². The Hall–Kier alpha value is -2.86. The lowest BCUT2D eigenvalue weighted by atomic mass is 9.70. The van der Waals surface area contributed by atoms with E-state index in [9.17, 15) is 9.59 Å². The van der Waals surface area contributed by atoms with Crippen LogP contribution in [0.2, 0.25) is 10.0 Å². The number of para-hydroxylation sites is 1. The molecule has 220 valence electrons. The van der Waals surface area contributed by atoms with Gasteiger partial charge in [-0.1, -0.05) is 65.7 Å². The summed E-state index contributed by atoms with van der Waals surface area (Å²) in [7, 11) is 0. The molecule has 1 atom stereocenters. The van der Waals surface area contributed by atoms with Gasteiger partial charge in [0.2, 0.25) is 5.91 Å². The highest BCUT2D eigenvalue weighted by atomic mass is 35.5. The summed E-state index contributed by atoms with van der Waals surface area (Å²) in [4.78, 5) is 32.5. The molecule has 3 aliphatic heterocycles. The molecule has 42 heavy (non-hydrogen) atoms. The number of likely N-dealkylation sites (tertiary alicyclic amines) is 2. The normalized spacial score (nSPS) is 21.9. The number of hydrogen-bond donors (Lipinski definition) is 0. The third-order valence-corrected chi connectivity index (χ3v) is 10.7. The van der Waals surface area contributed by atoms with Crippen molar-refractivity contribution in [2.45, 2.75) is 56.3 Å². The monoisotopic (exact) mass is 603 g/mol. The lowest BCUT2D eigenvalue weighted by molar-refractivity contribution is -0.116. The molecule has 5 nitrogen and oxygen atoms in total. The van der Waals surface area contributed by atoms with Gasteiger partial charge in [0.05, 0.1) is 10.0 Å². The summed E-state index contributed by atoms with van der Waals surface area (Å²) in [5.74, 6) is 0.221. The number of carbonyl (C=O) groups is 2. The summed E-state index contributed by atoms with van der Waals surface area (Å²) in [6.07, 6.45) is 6.11. The zero-order chi connectivity index (χ0) is 29.3. The van der Waals surface area contributed by atoms with Crippen molar-refractivity contribution in [1.82, 2.24) is 9.80 Å². The Morgan fingerprint density at radius 1 is 0.833 bits per heavy atom. The fraction of sp³-hybridized carbons (Fsp3) is 0.429. The highest BCUT2D eigenvalue weighted by Gasteiger charge is 2.45. The Morgan fingerprint density at radius 3 is 2.31 bits per heavy atom. The average Bonchev–Trinajstić information content (AvgIpc) is 3.34. The second-order valence-corrected chi connectivity index (χ2v) is 13.3. The Morgan fingerprint density at radius 2 is 1.57 bits per heavy atom. The van der Waals surface area contributed by atoms with Crippen LogP contribution < -0.4 is 4.90 Å². The molecule has 2 fully saturated rings. The minimum Gasteiger partial charge on any atom is -0.338 e. The summed E-state index contributed by atoms with van der Waals surface area (Å²) in [6, 6.07) is 24.1. The van der Waals surface area contributed by atoms with Gasteiger partial charge in [-0.15, -0.1) is 0 Å². The molecule has 3 aromatic rings. The minimum absolute atomic E-state index is 0.0573. The van der Waals surface area contributed by atoms with Crippen LogP contribution >= 0.6 is 23.2 Å². The SMILES string of the molecule is CC(=O)N1CC2(CCN(CCCC3(c4ccc(Cl)c(Cl)c4)CCCN(C(=O)c4ccccc4)C3)CC2)c2ccccc21. The number of halogens is 2. The molecule has 3 aliphatic rings. The van der Waals surface area contributed by atoms with Gasteiger partial charge in [-0.2, -0.15) is 0 Å². The topological polar surface area (TPSA) is 43.9 Å². The second-order valence-electron chi connectivity index (χ2n) is 12.5. The fourth-order valence-corrected chi connectivity index (χ4v) is 7.96. The molecule has 0 N–H and O–H groups in total. The Bertz CT molecular complexity index is 1450. The van der Waals surface area contributed by atoms with Crippen molar-refractivity contribution >= 4 is 40.7 Å². The number of carbonyl (C=O) groups excluding carboxylic acids is 2. The van der Waals surface area contributed by atoms with E-state index in [-0.39, 0.29) is 22.6 Å². The van der Waals surface area contributed by atoms with E-state index in [1.54, 1.807) is 6.92 Å². The maximum atomic E-state index is 13.5. The molecule has 7 heteroatoms. The van der Waals surface area contributed by atoms with Crippen LogP contribution in [-0.4, -0.2) is 60.9 Å². The quantitative estimate of drug-likeness (QED) is 0.296. The van der Waals surface area contributed by atoms with Crippen molar-refractivity contribution in [2.75, 3.05) is 44.2 Å². The van der Waals surface area contributed by atoms with Crippen LogP contribution in [-0.2, 0) is 15.6 Å². The first-order valence-electron chi connectivity index (χ1n) is 15.2. The molecule has 6 rings (SSSR count). The van der Waals surface area contributed by atoms with Crippen LogP contribution in [0.3, 0.4) is 0 Å². The zero-order valence-corrected chi connectivity index (χ0v) is 25.8. The second kappa shape index (κ2) is 12.0. The molecule has 0 aromatic heterocycles. The first-order valence-corrected chi connectivity index (χ1v) is 16.0. The molecule has 1 spiro atoms. The van der Waals surface area contributed by atoms with Crippen molar-refractivity contribution in [3.05, 3.63) is 99.5 Å². The van der Waals surface area contributed by atoms with Crippen LogP contribution in [0.5, 0.6) is 0 Å². The van der Waals surface area contributed by atoms with Gasteiger partial charge in [0.1, 0.15) is 0 Å². The highest BCUT2D eigenvalue weighted by Crippen LogP contribution is 2.47. The molecule has 2 saturated heterocycles. The van der Waals surface area contributed by atoms with E-state index < -0.39 is 0 Å². The van der Waals surface area contributed by atoms with E-state index in [1.807, 2.05) is 58.3 Å². The standard InChI is InChI=1S/C35H39Cl2N3O2/c1-26(41)40-25-35(29-11-5-6-12-32(29)40)17-21-38(22-18-35)19-7-15-34(28-13-14-30(36)31(37)23-28)16-8-20-39(24-34)33(42)27-9-3-2-4-10-27/h2-6,9-14,23H,7-8,15-22,24-25H2,1H3. The number of nitrogens with zero attached hydrogens (tertiary/aromatic N) is 3. The van der Waals surface area contributed by atoms with Crippen LogP contribution in [0, 0.1) is 0 Å². The van der Waals surface area contributed by atoms with Gasteiger partial charge in [0.25, 0.3) is 5.91 Å². The largest absolute Gasteiger partial charge is 0.338 e. The van der Waals surface area contributed by atoms with Crippen molar-refractivity contribution < 1.29 is 9.59 Å². The molecule has 0 saturated carbocycles. The molecule has 0 aliphatic carbocycles. The lowest BCUT2D eigenvalue weighted by Crippen LogP contribution is -2.49. The molecule has 3 aromatic carbocycles. The average molecular weight is 605 g/mol. The molecule has 1 unspecified atom stereocenters. The van der Waals surface area contributed by atoms with Gasteiger partial charge in [0, 0.05) is 48.6 Å². The lowest BCUT2D eigenvalue weighted by Gasteiger charge is -2.44. The van der Waals surface area contributed by atoms with E-state index in [0.717, 1.165) is 82.5 Å². The van der Waals surface area contributed by atoms with Gasteiger partial charge in [-0.05, 0) is 99.6 Å². The van der Waals surface area contributed by atoms with Crippen molar-refractivity contribution in [1.29, 1.82) is 0 Å². The van der Waals surface area contributed by atoms with Crippen LogP contribution in [0.4, 0.5) is 5.69 Å². The van der Waals surface area contributed by atoms with Crippen LogP contribution in [0.1, 0.15) is 66.9 Å². The van der Waals surface area contributed by atoms with Gasteiger partial charge in [0.15, 0.2) is 0 Å². The zero-order valence-electron chi connectivity index (χ0n) is 24.3. The van der Waals surface area contributed by atoms with E-state index in [1.165, 1.54) is 11.1 Å². The van der Waals surface area contributed by atoms with Gasteiger partial charge in [-0.3, -0.25) is 9.59 Å². The van der Waals surface area contributed by atoms with E-state index in [2.05, 4.69) is 29.2 Å². The maximum absolute atomic E-state index is 13.5. The Kier molecular flexibility index (Phi) is 8.37. The molecule has 3 heterocycles. The van der Waals surface area contributed by atoms with Crippen molar-refractivity contribution in [3.8, 4) is 0 Å². The number of anilines is 1. The minimum atomic E-state index is -0.166. The number of amides is 2. The van der Waals surface area contributed by atoms with Crippen molar-refractivity contribution in [2.24, 2.45) is 0 Å².